The minimum atomic E-state index is -0.227. The zero-order valence-corrected chi connectivity index (χ0v) is 10.8. The number of methoxy groups -OCH3 is 2. The molecular formula is C14H20O4. The van der Waals surface area contributed by atoms with Crippen molar-refractivity contribution in [2.45, 2.75) is 31.7 Å². The van der Waals surface area contributed by atoms with Crippen LogP contribution in [-0.2, 0) is 9.47 Å². The molecule has 0 amide bonds. The zero-order valence-electron chi connectivity index (χ0n) is 10.8. The van der Waals surface area contributed by atoms with Gasteiger partial charge in [0.15, 0.2) is 6.29 Å². The molecule has 0 aliphatic heterocycles. The van der Waals surface area contributed by atoms with E-state index in [0.717, 1.165) is 19.3 Å². The molecule has 1 aliphatic rings. The normalized spacial score (nSPS) is 23.5. The van der Waals surface area contributed by atoms with Crippen LogP contribution in [0, 0.1) is 5.92 Å². The van der Waals surface area contributed by atoms with Gasteiger partial charge in [0.25, 0.3) is 0 Å². The van der Waals surface area contributed by atoms with Crippen LogP contribution in [0.4, 0.5) is 0 Å². The summed E-state index contributed by atoms with van der Waals surface area (Å²) in [6.07, 6.45) is 2.99. The third kappa shape index (κ3) is 2.94. The van der Waals surface area contributed by atoms with Crippen LogP contribution in [-0.4, -0.2) is 31.7 Å². The first-order valence-corrected chi connectivity index (χ1v) is 6.26. The molecular weight excluding hydrogens is 232 g/mol. The molecule has 1 fully saturated rings. The van der Waals surface area contributed by atoms with E-state index in [0.29, 0.717) is 5.75 Å². The number of hydrogen-bond acceptors (Lipinski definition) is 4. The van der Waals surface area contributed by atoms with E-state index < -0.39 is 0 Å². The molecule has 0 heterocycles. The highest BCUT2D eigenvalue weighted by atomic mass is 16.7. The van der Waals surface area contributed by atoms with Gasteiger partial charge in [-0.1, -0.05) is 6.07 Å². The molecule has 2 unspecified atom stereocenters. The van der Waals surface area contributed by atoms with E-state index in [-0.39, 0.29) is 24.1 Å². The SMILES string of the molecule is COC(OC)C1CCCC1Oc1cccc(O)c1. The van der Waals surface area contributed by atoms with Crippen LogP contribution in [0.2, 0.25) is 0 Å². The number of hydrogen-bond donors (Lipinski definition) is 1. The van der Waals surface area contributed by atoms with Crippen LogP contribution in [0.25, 0.3) is 0 Å². The molecule has 1 saturated carbocycles. The third-order valence-electron chi connectivity index (χ3n) is 3.42. The Morgan fingerprint density at radius 3 is 2.67 bits per heavy atom. The fourth-order valence-electron chi connectivity index (χ4n) is 2.59. The molecule has 1 aromatic rings. The molecule has 2 rings (SSSR count). The molecule has 0 saturated heterocycles. The Morgan fingerprint density at radius 2 is 2.00 bits per heavy atom. The summed E-state index contributed by atoms with van der Waals surface area (Å²) < 4.78 is 16.6. The fourth-order valence-corrected chi connectivity index (χ4v) is 2.59. The van der Waals surface area contributed by atoms with Gasteiger partial charge in [0.1, 0.15) is 17.6 Å². The smallest absolute Gasteiger partial charge is 0.163 e. The Labute approximate surface area is 107 Å². The fraction of sp³-hybridized carbons (Fsp3) is 0.571. The van der Waals surface area contributed by atoms with Crippen LogP contribution in [0.1, 0.15) is 19.3 Å². The molecule has 0 spiro atoms. The lowest BCUT2D eigenvalue weighted by molar-refractivity contribution is -0.151. The standard InChI is InChI=1S/C14H20O4/c1-16-14(17-2)12-7-4-8-13(12)18-11-6-3-5-10(15)9-11/h3,5-6,9,12-15H,4,7-8H2,1-2H3. The van der Waals surface area contributed by atoms with Gasteiger partial charge in [-0.25, -0.2) is 0 Å². The highest BCUT2D eigenvalue weighted by Crippen LogP contribution is 2.33. The summed E-state index contributed by atoms with van der Waals surface area (Å²) in [5, 5.41) is 9.43. The van der Waals surface area contributed by atoms with Gasteiger partial charge >= 0.3 is 0 Å². The van der Waals surface area contributed by atoms with E-state index in [1.54, 1.807) is 32.4 Å². The first-order chi connectivity index (χ1) is 8.74. The van der Waals surface area contributed by atoms with Gasteiger partial charge in [0.05, 0.1) is 0 Å². The molecule has 18 heavy (non-hydrogen) atoms. The van der Waals surface area contributed by atoms with Crippen molar-refractivity contribution in [1.82, 2.24) is 0 Å². The van der Waals surface area contributed by atoms with E-state index in [9.17, 15) is 5.11 Å². The molecule has 1 aromatic carbocycles. The summed E-state index contributed by atoms with van der Waals surface area (Å²) in [6.45, 7) is 0. The lowest BCUT2D eigenvalue weighted by atomic mass is 10.1. The number of phenols is 1. The topological polar surface area (TPSA) is 47.9 Å². The van der Waals surface area contributed by atoms with Crippen molar-refractivity contribution in [3.63, 3.8) is 0 Å². The number of benzene rings is 1. The Balaban J connectivity index is 2.03. The Kier molecular flexibility index (Phi) is 4.44. The lowest BCUT2D eigenvalue weighted by Gasteiger charge is -2.27. The van der Waals surface area contributed by atoms with E-state index in [1.807, 2.05) is 6.07 Å². The average Bonchev–Trinajstić information content (AvgIpc) is 2.79. The second-order valence-corrected chi connectivity index (χ2v) is 4.59. The minimum Gasteiger partial charge on any atom is -0.508 e. The predicted octanol–water partition coefficient (Wildman–Crippen LogP) is 2.56. The van der Waals surface area contributed by atoms with Crippen molar-refractivity contribution in [1.29, 1.82) is 0 Å². The molecule has 0 aromatic heterocycles. The van der Waals surface area contributed by atoms with Crippen LogP contribution >= 0.6 is 0 Å². The minimum absolute atomic E-state index is 0.0803. The Bertz CT molecular complexity index is 376. The van der Waals surface area contributed by atoms with Gasteiger partial charge in [0, 0.05) is 26.2 Å². The highest BCUT2D eigenvalue weighted by molar-refractivity contribution is 5.31. The second kappa shape index (κ2) is 6.07. The number of rotatable bonds is 5. The third-order valence-corrected chi connectivity index (χ3v) is 3.42. The molecule has 4 heteroatoms. The summed E-state index contributed by atoms with van der Waals surface area (Å²) in [7, 11) is 3.30. The molecule has 100 valence electrons. The monoisotopic (exact) mass is 252 g/mol. The van der Waals surface area contributed by atoms with Gasteiger partial charge in [-0.05, 0) is 31.4 Å². The summed E-state index contributed by atoms with van der Waals surface area (Å²) in [5.74, 6) is 1.15. The molecule has 0 radical (unpaired) electrons. The first-order valence-electron chi connectivity index (χ1n) is 6.26. The number of ether oxygens (including phenoxy) is 3. The van der Waals surface area contributed by atoms with Gasteiger partial charge in [0.2, 0.25) is 0 Å². The van der Waals surface area contributed by atoms with Gasteiger partial charge in [-0.15, -0.1) is 0 Å². The molecule has 0 bridgehead atoms. The predicted molar refractivity (Wildman–Crippen MR) is 67.7 cm³/mol. The van der Waals surface area contributed by atoms with Gasteiger partial charge in [-0.3, -0.25) is 0 Å². The quantitative estimate of drug-likeness (QED) is 0.818. The van der Waals surface area contributed by atoms with Crippen molar-refractivity contribution in [2.24, 2.45) is 5.92 Å². The summed E-state index contributed by atoms with van der Waals surface area (Å²) in [5.41, 5.74) is 0. The van der Waals surface area contributed by atoms with Crippen molar-refractivity contribution in [3.8, 4) is 11.5 Å². The average molecular weight is 252 g/mol. The molecule has 1 N–H and O–H groups in total. The molecule has 4 nitrogen and oxygen atoms in total. The van der Waals surface area contributed by atoms with Crippen LogP contribution in [0.5, 0.6) is 11.5 Å². The van der Waals surface area contributed by atoms with E-state index in [4.69, 9.17) is 14.2 Å². The Hall–Kier alpha value is -1.26. The van der Waals surface area contributed by atoms with Crippen molar-refractivity contribution in [2.75, 3.05) is 14.2 Å². The molecule has 2 atom stereocenters. The highest BCUT2D eigenvalue weighted by Gasteiger charge is 2.35. The van der Waals surface area contributed by atoms with Crippen molar-refractivity contribution < 1.29 is 19.3 Å². The maximum atomic E-state index is 9.43. The van der Waals surface area contributed by atoms with Gasteiger partial charge in [-0.2, -0.15) is 0 Å². The Morgan fingerprint density at radius 1 is 1.22 bits per heavy atom. The van der Waals surface area contributed by atoms with Gasteiger partial charge < -0.3 is 19.3 Å². The van der Waals surface area contributed by atoms with Crippen molar-refractivity contribution in [3.05, 3.63) is 24.3 Å². The lowest BCUT2D eigenvalue weighted by Crippen LogP contribution is -2.34. The first kappa shape index (κ1) is 13.2. The zero-order chi connectivity index (χ0) is 13.0. The summed E-state index contributed by atoms with van der Waals surface area (Å²) in [6, 6.07) is 6.89. The maximum absolute atomic E-state index is 9.43. The second-order valence-electron chi connectivity index (χ2n) is 4.59. The van der Waals surface area contributed by atoms with E-state index in [2.05, 4.69) is 0 Å². The van der Waals surface area contributed by atoms with E-state index in [1.165, 1.54) is 0 Å². The van der Waals surface area contributed by atoms with Crippen LogP contribution in [0.15, 0.2) is 24.3 Å². The summed E-state index contributed by atoms with van der Waals surface area (Å²) >= 11 is 0. The van der Waals surface area contributed by atoms with Crippen LogP contribution in [0.3, 0.4) is 0 Å². The van der Waals surface area contributed by atoms with E-state index >= 15 is 0 Å². The maximum Gasteiger partial charge on any atom is 0.163 e. The van der Waals surface area contributed by atoms with Crippen LogP contribution < -0.4 is 4.74 Å². The summed E-state index contributed by atoms with van der Waals surface area (Å²) in [4.78, 5) is 0. The number of phenolic OH excluding ortho intramolecular Hbond substituents is 1. The number of aromatic hydroxyl groups is 1. The molecule has 1 aliphatic carbocycles. The van der Waals surface area contributed by atoms with Crippen molar-refractivity contribution >= 4 is 0 Å². The largest absolute Gasteiger partial charge is 0.508 e.